The number of fused-ring (bicyclic) bond motifs is 1. The highest BCUT2D eigenvalue weighted by atomic mass is 79.9. The lowest BCUT2D eigenvalue weighted by atomic mass is 10.2. The monoisotopic (exact) mass is 287 g/mol. The molecule has 0 atom stereocenters. The van der Waals surface area contributed by atoms with Gasteiger partial charge in [0.25, 0.3) is 0 Å². The number of rotatable bonds is 1. The fourth-order valence-corrected chi connectivity index (χ4v) is 1.80. The van der Waals surface area contributed by atoms with Crippen molar-refractivity contribution in [1.29, 1.82) is 0 Å². The van der Waals surface area contributed by atoms with Crippen LogP contribution in [0.2, 0.25) is 5.15 Å². The van der Waals surface area contributed by atoms with Crippen LogP contribution in [-0.4, -0.2) is 11.3 Å². The number of aldehydes is 1. The molecule has 0 aliphatic carbocycles. The first-order valence-corrected chi connectivity index (χ1v) is 5.19. The van der Waals surface area contributed by atoms with Crippen molar-refractivity contribution in [2.24, 2.45) is 0 Å². The molecule has 0 radical (unpaired) electrons. The molecule has 1 aromatic carbocycles. The average Bonchev–Trinajstić information content (AvgIpc) is 2.20. The van der Waals surface area contributed by atoms with Crippen LogP contribution in [0.4, 0.5) is 4.39 Å². The molecular weight excluding hydrogens is 284 g/mol. The second kappa shape index (κ2) is 3.87. The largest absolute Gasteiger partial charge is 0.298 e. The Morgan fingerprint density at radius 3 is 2.80 bits per heavy atom. The normalized spacial score (nSPS) is 10.6. The smallest absolute Gasteiger partial charge is 0.153 e. The molecule has 0 aliphatic rings. The number of hydrogen-bond donors (Lipinski definition) is 0. The van der Waals surface area contributed by atoms with E-state index in [9.17, 15) is 9.18 Å². The first kappa shape index (κ1) is 10.5. The lowest BCUT2D eigenvalue weighted by molar-refractivity contribution is 0.112. The van der Waals surface area contributed by atoms with Gasteiger partial charge in [-0.15, -0.1) is 0 Å². The first-order chi connectivity index (χ1) is 7.11. The highest BCUT2D eigenvalue weighted by Crippen LogP contribution is 2.25. The van der Waals surface area contributed by atoms with Gasteiger partial charge in [0.2, 0.25) is 0 Å². The predicted molar refractivity (Wildman–Crippen MR) is 59.8 cm³/mol. The number of hydrogen-bond acceptors (Lipinski definition) is 2. The van der Waals surface area contributed by atoms with Crippen molar-refractivity contribution in [3.05, 3.63) is 39.2 Å². The quantitative estimate of drug-likeness (QED) is 0.593. The molecule has 2 rings (SSSR count). The Morgan fingerprint density at radius 2 is 2.13 bits per heavy atom. The van der Waals surface area contributed by atoms with Gasteiger partial charge in [0, 0.05) is 11.5 Å². The van der Waals surface area contributed by atoms with Gasteiger partial charge in [-0.2, -0.15) is 0 Å². The highest BCUT2D eigenvalue weighted by Gasteiger charge is 2.07. The van der Waals surface area contributed by atoms with Gasteiger partial charge in [-0.05, 0) is 28.1 Å². The number of carbonyl (C=O) groups is 1. The zero-order valence-electron chi connectivity index (χ0n) is 7.30. The third kappa shape index (κ3) is 1.87. The fourth-order valence-electron chi connectivity index (χ4n) is 1.24. The maximum absolute atomic E-state index is 13.2. The van der Waals surface area contributed by atoms with Crippen LogP contribution < -0.4 is 0 Å². The molecule has 5 heteroatoms. The van der Waals surface area contributed by atoms with Crippen molar-refractivity contribution >= 4 is 44.7 Å². The molecule has 0 saturated heterocycles. The summed E-state index contributed by atoms with van der Waals surface area (Å²) in [5.74, 6) is -0.412. The van der Waals surface area contributed by atoms with E-state index >= 15 is 0 Å². The predicted octanol–water partition coefficient (Wildman–Crippen LogP) is 3.60. The zero-order valence-corrected chi connectivity index (χ0v) is 9.64. The van der Waals surface area contributed by atoms with Crippen molar-refractivity contribution in [2.75, 3.05) is 0 Å². The summed E-state index contributed by atoms with van der Waals surface area (Å²) >= 11 is 8.78. The van der Waals surface area contributed by atoms with Crippen LogP contribution >= 0.6 is 27.5 Å². The van der Waals surface area contributed by atoms with E-state index in [4.69, 9.17) is 11.6 Å². The molecular formula is C10H4BrClFNO. The van der Waals surface area contributed by atoms with Gasteiger partial charge in [-0.25, -0.2) is 9.37 Å². The number of benzene rings is 1. The molecule has 0 amide bonds. The van der Waals surface area contributed by atoms with E-state index in [-0.39, 0.29) is 5.15 Å². The Hall–Kier alpha value is -1.00. The van der Waals surface area contributed by atoms with Crippen LogP contribution in [0.15, 0.2) is 22.7 Å². The molecule has 0 bridgehead atoms. The number of aromatic nitrogens is 1. The Bertz CT molecular complexity index is 559. The van der Waals surface area contributed by atoms with Crippen molar-refractivity contribution in [3.63, 3.8) is 0 Å². The number of pyridine rings is 1. The Labute approximate surface area is 98.2 Å². The minimum Gasteiger partial charge on any atom is -0.298 e. The molecule has 1 heterocycles. The fraction of sp³-hybridized carbons (Fsp3) is 0. The van der Waals surface area contributed by atoms with Crippen LogP contribution in [0.1, 0.15) is 10.4 Å². The summed E-state index contributed by atoms with van der Waals surface area (Å²) in [6.45, 7) is 0. The highest BCUT2D eigenvalue weighted by molar-refractivity contribution is 9.10. The van der Waals surface area contributed by atoms with Gasteiger partial charge in [0.05, 0.1) is 15.6 Å². The molecule has 0 fully saturated rings. The molecule has 0 unspecified atom stereocenters. The zero-order chi connectivity index (χ0) is 11.0. The maximum atomic E-state index is 13.2. The lowest BCUT2D eigenvalue weighted by Crippen LogP contribution is -1.89. The van der Waals surface area contributed by atoms with E-state index in [1.807, 2.05) is 0 Å². The minimum atomic E-state index is -0.412. The van der Waals surface area contributed by atoms with Crippen LogP contribution in [0.5, 0.6) is 0 Å². The van der Waals surface area contributed by atoms with E-state index in [1.165, 1.54) is 6.07 Å². The summed E-state index contributed by atoms with van der Waals surface area (Å²) in [7, 11) is 0. The molecule has 2 nitrogen and oxygen atoms in total. The third-order valence-electron chi connectivity index (χ3n) is 1.96. The summed E-state index contributed by atoms with van der Waals surface area (Å²) in [6.07, 6.45) is 0.617. The summed E-state index contributed by atoms with van der Waals surface area (Å²) in [5.41, 5.74) is 0.717. The molecule has 0 saturated carbocycles. The first-order valence-electron chi connectivity index (χ1n) is 4.02. The average molecular weight is 289 g/mol. The van der Waals surface area contributed by atoms with E-state index < -0.39 is 5.82 Å². The SMILES string of the molecule is O=Cc1cc2cc(Br)c(F)cc2nc1Cl. The van der Waals surface area contributed by atoms with E-state index in [0.717, 1.165) is 0 Å². The van der Waals surface area contributed by atoms with E-state index in [1.54, 1.807) is 12.1 Å². The number of nitrogens with zero attached hydrogens (tertiary/aromatic N) is 1. The van der Waals surface area contributed by atoms with Crippen molar-refractivity contribution in [1.82, 2.24) is 4.98 Å². The van der Waals surface area contributed by atoms with Gasteiger partial charge in [-0.1, -0.05) is 11.6 Å². The Morgan fingerprint density at radius 1 is 1.40 bits per heavy atom. The van der Waals surface area contributed by atoms with Gasteiger partial charge < -0.3 is 0 Å². The topological polar surface area (TPSA) is 30.0 Å². The standard InChI is InChI=1S/C10H4BrClFNO/c11-7-2-5-1-6(4-15)10(12)14-9(5)3-8(7)13/h1-4H. The van der Waals surface area contributed by atoms with Crippen molar-refractivity contribution in [3.8, 4) is 0 Å². The molecule has 15 heavy (non-hydrogen) atoms. The van der Waals surface area contributed by atoms with Gasteiger partial charge in [0.15, 0.2) is 6.29 Å². The summed E-state index contributed by atoms with van der Waals surface area (Å²) in [4.78, 5) is 14.5. The molecule has 76 valence electrons. The van der Waals surface area contributed by atoms with Crippen LogP contribution in [0.25, 0.3) is 10.9 Å². The maximum Gasteiger partial charge on any atom is 0.153 e. The van der Waals surface area contributed by atoms with Crippen LogP contribution in [0, 0.1) is 5.82 Å². The van der Waals surface area contributed by atoms with Gasteiger partial charge in [-0.3, -0.25) is 4.79 Å². The van der Waals surface area contributed by atoms with E-state index in [0.29, 0.717) is 27.2 Å². The van der Waals surface area contributed by atoms with E-state index in [2.05, 4.69) is 20.9 Å². The molecule has 0 aliphatic heterocycles. The summed E-state index contributed by atoms with van der Waals surface area (Å²) in [6, 6.07) is 4.39. The second-order valence-electron chi connectivity index (χ2n) is 2.95. The van der Waals surface area contributed by atoms with Crippen molar-refractivity contribution in [2.45, 2.75) is 0 Å². The molecule has 0 spiro atoms. The van der Waals surface area contributed by atoms with Gasteiger partial charge in [0.1, 0.15) is 11.0 Å². The summed E-state index contributed by atoms with van der Waals surface area (Å²) < 4.78 is 13.5. The minimum absolute atomic E-state index is 0.0826. The van der Waals surface area contributed by atoms with Crippen LogP contribution in [-0.2, 0) is 0 Å². The summed E-state index contributed by atoms with van der Waals surface area (Å²) in [5, 5.41) is 0.744. The van der Waals surface area contributed by atoms with Crippen LogP contribution in [0.3, 0.4) is 0 Å². The molecule has 2 aromatic rings. The molecule has 1 aromatic heterocycles. The van der Waals surface area contributed by atoms with Crippen molar-refractivity contribution < 1.29 is 9.18 Å². The Balaban J connectivity index is 2.82. The number of halogens is 3. The van der Waals surface area contributed by atoms with Gasteiger partial charge >= 0.3 is 0 Å². The Kier molecular flexibility index (Phi) is 2.71. The lowest BCUT2D eigenvalue weighted by Gasteiger charge is -2.02. The molecule has 0 N–H and O–H groups in total. The number of carbonyl (C=O) groups excluding carboxylic acids is 1. The second-order valence-corrected chi connectivity index (χ2v) is 4.16. The third-order valence-corrected chi connectivity index (χ3v) is 2.87.